The first-order valence-corrected chi connectivity index (χ1v) is 3.32. The average Bonchev–Trinajstić information content (AvgIpc) is 1.80. The highest BCUT2D eigenvalue weighted by molar-refractivity contribution is 5.87. The van der Waals surface area contributed by atoms with Crippen LogP contribution in [0.15, 0.2) is 24.8 Å². The van der Waals surface area contributed by atoms with Crippen LogP contribution in [0.2, 0.25) is 0 Å². The van der Waals surface area contributed by atoms with Crippen molar-refractivity contribution >= 4 is 11.9 Å². The number of ether oxygens (including phenoxy) is 1. The molecule has 0 aromatic rings. The van der Waals surface area contributed by atoms with E-state index in [0.29, 0.717) is 0 Å². The second kappa shape index (κ2) is 5.18. The van der Waals surface area contributed by atoms with Gasteiger partial charge in [-0.1, -0.05) is 13.2 Å². The molecule has 0 unspecified atom stereocenters. The summed E-state index contributed by atoms with van der Waals surface area (Å²) in [6, 6.07) is 0. The van der Waals surface area contributed by atoms with Gasteiger partial charge >= 0.3 is 11.9 Å². The topological polar surface area (TPSA) is 43.4 Å². The maximum Gasteiger partial charge on any atom is 0.320 e. The standard InChI is InChI=1S/C8H8F2O3/c1-5(9)3-7(11)13-8(12)4-6(2)10/h1-4H2. The van der Waals surface area contributed by atoms with Gasteiger partial charge in [0.15, 0.2) is 0 Å². The number of carbonyl (C=O) groups excluding carboxylic acids is 2. The van der Waals surface area contributed by atoms with Crippen molar-refractivity contribution in [1.82, 2.24) is 0 Å². The molecule has 0 radical (unpaired) electrons. The first-order chi connectivity index (χ1) is 5.91. The number of esters is 2. The summed E-state index contributed by atoms with van der Waals surface area (Å²) >= 11 is 0. The van der Waals surface area contributed by atoms with Gasteiger partial charge in [-0.05, 0) is 0 Å². The monoisotopic (exact) mass is 190 g/mol. The molecule has 0 aromatic heterocycles. The zero-order valence-electron chi connectivity index (χ0n) is 6.81. The zero-order valence-corrected chi connectivity index (χ0v) is 6.81. The fourth-order valence-electron chi connectivity index (χ4n) is 0.512. The van der Waals surface area contributed by atoms with Gasteiger partial charge in [0.05, 0.1) is 12.8 Å². The van der Waals surface area contributed by atoms with Gasteiger partial charge in [0.2, 0.25) is 0 Å². The zero-order chi connectivity index (χ0) is 10.4. The molecule has 0 N–H and O–H groups in total. The lowest BCUT2D eigenvalue weighted by Gasteiger charge is -1.99. The quantitative estimate of drug-likeness (QED) is 0.501. The van der Waals surface area contributed by atoms with Gasteiger partial charge in [-0.15, -0.1) is 0 Å². The number of carbonyl (C=O) groups is 2. The molecule has 0 atom stereocenters. The van der Waals surface area contributed by atoms with Crippen LogP contribution < -0.4 is 0 Å². The van der Waals surface area contributed by atoms with Crippen LogP contribution in [0, 0.1) is 0 Å². The lowest BCUT2D eigenvalue weighted by Crippen LogP contribution is -2.11. The molecule has 0 aromatic carbocycles. The number of halogens is 2. The van der Waals surface area contributed by atoms with Gasteiger partial charge in [-0.25, -0.2) is 8.78 Å². The fourth-order valence-corrected chi connectivity index (χ4v) is 0.512. The van der Waals surface area contributed by atoms with Gasteiger partial charge in [0.1, 0.15) is 11.7 Å². The predicted molar refractivity (Wildman–Crippen MR) is 40.8 cm³/mol. The van der Waals surface area contributed by atoms with E-state index in [-0.39, 0.29) is 0 Å². The van der Waals surface area contributed by atoms with Gasteiger partial charge in [-0.2, -0.15) is 0 Å². The van der Waals surface area contributed by atoms with Crippen molar-refractivity contribution in [1.29, 1.82) is 0 Å². The summed E-state index contributed by atoms with van der Waals surface area (Å²) in [7, 11) is 0. The fraction of sp³-hybridized carbons (Fsp3) is 0.250. The Balaban J connectivity index is 3.85. The number of hydrogen-bond donors (Lipinski definition) is 0. The summed E-state index contributed by atoms with van der Waals surface area (Å²) in [4.78, 5) is 21.1. The Morgan fingerprint density at radius 2 is 1.31 bits per heavy atom. The average molecular weight is 190 g/mol. The molecule has 3 nitrogen and oxygen atoms in total. The number of rotatable bonds is 4. The molecule has 0 heterocycles. The minimum Gasteiger partial charge on any atom is -0.393 e. The highest BCUT2D eigenvalue weighted by Crippen LogP contribution is 2.04. The summed E-state index contributed by atoms with van der Waals surface area (Å²) in [5, 5.41) is 0. The van der Waals surface area contributed by atoms with Crippen molar-refractivity contribution in [2.75, 3.05) is 0 Å². The molecule has 0 saturated carbocycles. The lowest BCUT2D eigenvalue weighted by atomic mass is 10.4. The molecule has 0 aliphatic rings. The van der Waals surface area contributed by atoms with Crippen molar-refractivity contribution in [3.8, 4) is 0 Å². The summed E-state index contributed by atoms with van der Waals surface area (Å²) < 4.78 is 27.9. The lowest BCUT2D eigenvalue weighted by molar-refractivity contribution is -0.158. The molecule has 0 amide bonds. The molecule has 13 heavy (non-hydrogen) atoms. The van der Waals surface area contributed by atoms with Crippen LogP contribution in [0.25, 0.3) is 0 Å². The maximum atomic E-state index is 12.0. The Bertz CT molecular complexity index is 232. The third-order valence-electron chi connectivity index (χ3n) is 0.900. The normalized spacial score (nSPS) is 9.08. The molecule has 72 valence electrons. The first-order valence-electron chi connectivity index (χ1n) is 3.32. The van der Waals surface area contributed by atoms with Gasteiger partial charge in [-0.3, -0.25) is 9.59 Å². The van der Waals surface area contributed by atoms with Crippen LogP contribution in [0.5, 0.6) is 0 Å². The van der Waals surface area contributed by atoms with Gasteiger partial charge in [0, 0.05) is 0 Å². The van der Waals surface area contributed by atoms with E-state index < -0.39 is 36.4 Å². The Kier molecular flexibility index (Phi) is 4.58. The van der Waals surface area contributed by atoms with Crippen LogP contribution in [0.1, 0.15) is 12.8 Å². The van der Waals surface area contributed by atoms with Crippen LogP contribution in [0.3, 0.4) is 0 Å². The van der Waals surface area contributed by atoms with Crippen molar-refractivity contribution in [2.45, 2.75) is 12.8 Å². The van der Waals surface area contributed by atoms with E-state index in [4.69, 9.17) is 0 Å². The molecule has 0 saturated heterocycles. The van der Waals surface area contributed by atoms with E-state index in [1.165, 1.54) is 0 Å². The van der Waals surface area contributed by atoms with Crippen LogP contribution in [0.4, 0.5) is 8.78 Å². The molecule has 0 spiro atoms. The molecular formula is C8H8F2O3. The Labute approximate surface area is 73.7 Å². The predicted octanol–water partition coefficient (Wildman–Crippen LogP) is 1.80. The molecule has 0 bridgehead atoms. The molecule has 5 heteroatoms. The number of hydrogen-bond acceptors (Lipinski definition) is 3. The van der Waals surface area contributed by atoms with E-state index in [1.54, 1.807) is 0 Å². The van der Waals surface area contributed by atoms with E-state index in [2.05, 4.69) is 17.9 Å². The van der Waals surface area contributed by atoms with Gasteiger partial charge < -0.3 is 4.74 Å². The van der Waals surface area contributed by atoms with E-state index in [9.17, 15) is 18.4 Å². The largest absolute Gasteiger partial charge is 0.393 e. The third kappa shape index (κ3) is 6.86. The molecular weight excluding hydrogens is 182 g/mol. The SMILES string of the molecule is C=C(F)CC(=O)OC(=O)CC(=C)F. The van der Waals surface area contributed by atoms with Gasteiger partial charge in [0.25, 0.3) is 0 Å². The van der Waals surface area contributed by atoms with E-state index in [1.807, 2.05) is 0 Å². The summed E-state index contributed by atoms with van der Waals surface area (Å²) in [6.07, 6.45) is -1.41. The van der Waals surface area contributed by atoms with Crippen molar-refractivity contribution < 1.29 is 23.1 Å². The maximum absolute atomic E-state index is 12.0. The van der Waals surface area contributed by atoms with E-state index in [0.717, 1.165) is 0 Å². The summed E-state index contributed by atoms with van der Waals surface area (Å²) in [5.41, 5.74) is 0. The van der Waals surface area contributed by atoms with Crippen molar-refractivity contribution in [3.63, 3.8) is 0 Å². The van der Waals surface area contributed by atoms with E-state index >= 15 is 0 Å². The Hall–Kier alpha value is -1.52. The summed E-state index contributed by atoms with van der Waals surface area (Å²) in [6.45, 7) is 5.59. The third-order valence-corrected chi connectivity index (χ3v) is 0.900. The van der Waals surface area contributed by atoms with Crippen LogP contribution in [-0.4, -0.2) is 11.9 Å². The van der Waals surface area contributed by atoms with Crippen molar-refractivity contribution in [3.05, 3.63) is 24.8 Å². The molecule has 0 fully saturated rings. The molecule has 0 rings (SSSR count). The Morgan fingerprint density at radius 1 is 1.00 bits per heavy atom. The minimum absolute atomic E-state index is 0.704. The Morgan fingerprint density at radius 3 is 1.54 bits per heavy atom. The smallest absolute Gasteiger partial charge is 0.320 e. The highest BCUT2D eigenvalue weighted by Gasteiger charge is 2.12. The summed E-state index contributed by atoms with van der Waals surface area (Å²) in [5.74, 6) is -4.04. The van der Waals surface area contributed by atoms with Crippen molar-refractivity contribution in [2.24, 2.45) is 0 Å². The minimum atomic E-state index is -1.10. The second-order valence-corrected chi connectivity index (χ2v) is 2.23. The molecule has 0 aliphatic carbocycles. The highest BCUT2D eigenvalue weighted by atomic mass is 19.1. The first kappa shape index (κ1) is 11.5. The molecule has 0 aliphatic heterocycles. The van der Waals surface area contributed by atoms with Crippen LogP contribution >= 0.6 is 0 Å². The van der Waals surface area contributed by atoms with Crippen LogP contribution in [-0.2, 0) is 14.3 Å². The second-order valence-electron chi connectivity index (χ2n) is 2.23.